The summed E-state index contributed by atoms with van der Waals surface area (Å²) in [5.74, 6) is 3.00. The molecule has 0 unspecified atom stereocenters. The first-order valence-corrected chi connectivity index (χ1v) is 7.32. The first-order chi connectivity index (χ1) is 9.11. The second-order valence-electron chi connectivity index (χ2n) is 6.71. The van der Waals surface area contributed by atoms with Gasteiger partial charge < -0.3 is 9.52 Å². The van der Waals surface area contributed by atoms with Crippen LogP contribution in [0.25, 0.3) is 0 Å². The molecule has 0 aromatic carbocycles. The number of hydrogen-bond acceptors (Lipinski definition) is 3. The molecule has 1 N–H and O–H groups in total. The van der Waals surface area contributed by atoms with Gasteiger partial charge >= 0.3 is 5.97 Å². The number of carbonyl (C=O) groups is 1. The average Bonchev–Trinajstić information content (AvgIpc) is 2.70. The van der Waals surface area contributed by atoms with Crippen LogP contribution in [0.15, 0.2) is 4.42 Å². The van der Waals surface area contributed by atoms with E-state index in [2.05, 4.69) is 4.98 Å². The standard InChI is InChI=1S/C15H19NO3/c1-7-16-13(14(19-7)15(17)18)12-10-3-8-2-9(5-10)6-11(12)4-8/h8-12H,2-6H2,1H3,(H,17,18). The van der Waals surface area contributed by atoms with Gasteiger partial charge in [0.2, 0.25) is 5.76 Å². The molecule has 19 heavy (non-hydrogen) atoms. The molecule has 0 spiro atoms. The van der Waals surface area contributed by atoms with Crippen LogP contribution in [0.3, 0.4) is 0 Å². The number of rotatable bonds is 2. The van der Waals surface area contributed by atoms with Crippen LogP contribution in [0.2, 0.25) is 0 Å². The average molecular weight is 261 g/mol. The summed E-state index contributed by atoms with van der Waals surface area (Å²) in [6.07, 6.45) is 6.47. The third kappa shape index (κ3) is 1.65. The monoisotopic (exact) mass is 261 g/mol. The Morgan fingerprint density at radius 2 is 1.74 bits per heavy atom. The fourth-order valence-electron chi connectivity index (χ4n) is 5.19. The van der Waals surface area contributed by atoms with Gasteiger partial charge in [-0.3, -0.25) is 0 Å². The first-order valence-electron chi connectivity index (χ1n) is 7.32. The molecule has 4 aliphatic carbocycles. The number of carboxylic acids is 1. The summed E-state index contributed by atoms with van der Waals surface area (Å²) in [6.45, 7) is 1.74. The van der Waals surface area contributed by atoms with Crippen molar-refractivity contribution in [2.75, 3.05) is 0 Å². The predicted octanol–water partition coefficient (Wildman–Crippen LogP) is 3.22. The number of aromatic nitrogens is 1. The highest BCUT2D eigenvalue weighted by Crippen LogP contribution is 2.59. The molecule has 4 aliphatic rings. The van der Waals surface area contributed by atoms with Gasteiger partial charge in [-0.25, -0.2) is 9.78 Å². The molecule has 0 radical (unpaired) electrons. The van der Waals surface area contributed by atoms with Crippen molar-refractivity contribution >= 4 is 5.97 Å². The van der Waals surface area contributed by atoms with Gasteiger partial charge in [-0.05, 0) is 55.8 Å². The minimum atomic E-state index is -0.968. The first kappa shape index (κ1) is 11.5. The van der Waals surface area contributed by atoms with Gasteiger partial charge in [-0.1, -0.05) is 0 Å². The van der Waals surface area contributed by atoms with Crippen LogP contribution in [0.4, 0.5) is 0 Å². The van der Waals surface area contributed by atoms with Crippen molar-refractivity contribution in [2.24, 2.45) is 23.7 Å². The van der Waals surface area contributed by atoms with Crippen molar-refractivity contribution in [3.63, 3.8) is 0 Å². The summed E-state index contributed by atoms with van der Waals surface area (Å²) < 4.78 is 5.32. The lowest BCUT2D eigenvalue weighted by molar-refractivity contribution is -0.00469. The number of nitrogens with zero attached hydrogens (tertiary/aromatic N) is 1. The number of oxazole rings is 1. The molecule has 1 aromatic heterocycles. The zero-order valence-corrected chi connectivity index (χ0v) is 11.1. The fraction of sp³-hybridized carbons (Fsp3) is 0.733. The molecule has 102 valence electrons. The lowest BCUT2D eigenvalue weighted by Crippen LogP contribution is -2.44. The van der Waals surface area contributed by atoms with Crippen LogP contribution < -0.4 is 0 Å². The van der Waals surface area contributed by atoms with E-state index < -0.39 is 5.97 Å². The Kier molecular flexibility index (Phi) is 2.32. The Labute approximate surface area is 112 Å². The molecule has 1 heterocycles. The molecule has 4 bridgehead atoms. The predicted molar refractivity (Wildman–Crippen MR) is 68.0 cm³/mol. The van der Waals surface area contributed by atoms with E-state index in [1.165, 1.54) is 32.1 Å². The van der Waals surface area contributed by atoms with E-state index in [4.69, 9.17) is 4.42 Å². The van der Waals surface area contributed by atoms with Crippen LogP contribution in [0, 0.1) is 30.6 Å². The van der Waals surface area contributed by atoms with Crippen LogP contribution in [-0.4, -0.2) is 16.1 Å². The molecule has 4 nitrogen and oxygen atoms in total. The topological polar surface area (TPSA) is 63.3 Å². The van der Waals surface area contributed by atoms with Crippen LogP contribution in [-0.2, 0) is 0 Å². The summed E-state index contributed by atoms with van der Waals surface area (Å²) in [6, 6.07) is 0. The van der Waals surface area contributed by atoms with Crippen LogP contribution >= 0.6 is 0 Å². The van der Waals surface area contributed by atoms with Crippen molar-refractivity contribution in [1.29, 1.82) is 0 Å². The maximum absolute atomic E-state index is 11.3. The zero-order chi connectivity index (χ0) is 13.1. The normalized spacial score (nSPS) is 39.7. The molecule has 1 aromatic rings. The number of aryl methyl sites for hydroxylation is 1. The highest BCUT2D eigenvalue weighted by molar-refractivity contribution is 5.85. The second kappa shape index (κ2) is 3.84. The highest BCUT2D eigenvalue weighted by atomic mass is 16.4. The Bertz CT molecular complexity index is 505. The van der Waals surface area contributed by atoms with Crippen molar-refractivity contribution in [1.82, 2.24) is 4.98 Å². The maximum atomic E-state index is 11.3. The van der Waals surface area contributed by atoms with E-state index in [0.717, 1.165) is 17.5 Å². The van der Waals surface area contributed by atoms with Crippen LogP contribution in [0.5, 0.6) is 0 Å². The maximum Gasteiger partial charge on any atom is 0.373 e. The molecule has 0 aliphatic heterocycles. The summed E-state index contributed by atoms with van der Waals surface area (Å²) in [4.78, 5) is 15.8. The Hall–Kier alpha value is -1.32. The van der Waals surface area contributed by atoms with Gasteiger partial charge in [0.1, 0.15) is 0 Å². The quantitative estimate of drug-likeness (QED) is 0.887. The van der Waals surface area contributed by atoms with E-state index in [1.807, 2.05) is 0 Å². The molecule has 5 rings (SSSR count). The van der Waals surface area contributed by atoms with Gasteiger partial charge in [0.25, 0.3) is 0 Å². The van der Waals surface area contributed by atoms with Crippen molar-refractivity contribution in [3.05, 3.63) is 17.3 Å². The summed E-state index contributed by atoms with van der Waals surface area (Å²) in [7, 11) is 0. The molecule has 4 heteroatoms. The van der Waals surface area contributed by atoms with Gasteiger partial charge in [0.05, 0.1) is 5.69 Å². The molecule has 0 saturated heterocycles. The smallest absolute Gasteiger partial charge is 0.373 e. The number of hydrogen-bond donors (Lipinski definition) is 1. The van der Waals surface area contributed by atoms with Gasteiger partial charge in [-0.15, -0.1) is 0 Å². The lowest BCUT2D eigenvalue weighted by Gasteiger charge is -2.54. The van der Waals surface area contributed by atoms with Crippen molar-refractivity contribution in [2.45, 2.75) is 44.9 Å². The molecule has 4 fully saturated rings. The largest absolute Gasteiger partial charge is 0.475 e. The highest BCUT2D eigenvalue weighted by Gasteiger charge is 2.50. The minimum absolute atomic E-state index is 0.0926. The molecular formula is C15H19NO3. The van der Waals surface area contributed by atoms with Gasteiger partial charge in [0.15, 0.2) is 5.89 Å². The number of aromatic carboxylic acids is 1. The molecule has 4 saturated carbocycles. The van der Waals surface area contributed by atoms with Crippen molar-refractivity contribution in [3.8, 4) is 0 Å². The summed E-state index contributed by atoms with van der Waals surface area (Å²) in [5, 5.41) is 9.30. The van der Waals surface area contributed by atoms with Gasteiger partial charge in [-0.2, -0.15) is 0 Å². The zero-order valence-electron chi connectivity index (χ0n) is 11.1. The minimum Gasteiger partial charge on any atom is -0.475 e. The summed E-state index contributed by atoms with van der Waals surface area (Å²) in [5.41, 5.74) is 0.735. The van der Waals surface area contributed by atoms with Crippen LogP contribution in [0.1, 0.15) is 60.2 Å². The molecular weight excluding hydrogens is 242 g/mol. The van der Waals surface area contributed by atoms with Gasteiger partial charge in [0, 0.05) is 12.8 Å². The van der Waals surface area contributed by atoms with E-state index in [9.17, 15) is 9.90 Å². The SMILES string of the molecule is Cc1nc(C2C3CC4CC(C3)CC2C4)c(C(=O)O)o1. The number of carboxylic acid groups (broad SMARTS) is 1. The Morgan fingerprint density at radius 3 is 2.26 bits per heavy atom. The second-order valence-corrected chi connectivity index (χ2v) is 6.71. The molecule has 0 atom stereocenters. The fourth-order valence-corrected chi connectivity index (χ4v) is 5.19. The van der Waals surface area contributed by atoms with Crippen molar-refractivity contribution < 1.29 is 14.3 Å². The Morgan fingerprint density at radius 1 is 1.16 bits per heavy atom. The lowest BCUT2D eigenvalue weighted by atomic mass is 9.51. The Balaban J connectivity index is 1.74. The third-order valence-corrected chi connectivity index (χ3v) is 5.50. The van der Waals surface area contributed by atoms with E-state index in [-0.39, 0.29) is 5.76 Å². The third-order valence-electron chi connectivity index (χ3n) is 5.50. The molecule has 0 amide bonds. The van der Waals surface area contributed by atoms with E-state index in [1.54, 1.807) is 6.92 Å². The summed E-state index contributed by atoms with van der Waals surface area (Å²) >= 11 is 0. The van der Waals surface area contributed by atoms with E-state index in [0.29, 0.717) is 23.6 Å². The van der Waals surface area contributed by atoms with E-state index >= 15 is 0 Å².